The van der Waals surface area contributed by atoms with E-state index < -0.39 is 0 Å². The summed E-state index contributed by atoms with van der Waals surface area (Å²) in [6.45, 7) is 5.15. The Morgan fingerprint density at radius 1 is 0.824 bits per heavy atom. The molecule has 4 aliphatic rings. The summed E-state index contributed by atoms with van der Waals surface area (Å²) in [5, 5.41) is 3.14. The van der Waals surface area contributed by atoms with E-state index in [1.807, 2.05) is 6.07 Å². The van der Waals surface area contributed by atoms with Crippen molar-refractivity contribution in [1.29, 1.82) is 0 Å². The van der Waals surface area contributed by atoms with Gasteiger partial charge in [-0.15, -0.1) is 0 Å². The van der Waals surface area contributed by atoms with Crippen LogP contribution in [-0.4, -0.2) is 30.0 Å². The van der Waals surface area contributed by atoms with Crippen LogP contribution in [0, 0.1) is 5.92 Å². The number of nitrogens with zero attached hydrogens (tertiary/aromatic N) is 1. The van der Waals surface area contributed by atoms with Crippen LogP contribution in [0.15, 0.2) is 78.4 Å². The number of piperidine rings is 3. The van der Waals surface area contributed by atoms with Gasteiger partial charge in [-0.2, -0.15) is 0 Å². The lowest BCUT2D eigenvalue weighted by Crippen LogP contribution is -2.57. The zero-order chi connectivity index (χ0) is 23.0. The molecule has 1 aliphatic carbocycles. The fraction of sp³-hybridized carbons (Fsp3) is 0.323. The minimum absolute atomic E-state index is 0.0171. The minimum Gasteiger partial charge on any atom is -0.322 e. The Balaban J connectivity index is 1.14. The third-order valence-electron chi connectivity index (χ3n) is 8.30. The summed E-state index contributed by atoms with van der Waals surface area (Å²) >= 11 is 0. The quantitative estimate of drug-likeness (QED) is 0.446. The third kappa shape index (κ3) is 4.33. The first kappa shape index (κ1) is 21.4. The lowest BCUT2D eigenvalue weighted by molar-refractivity contribution is -0.955. The normalized spacial score (nSPS) is 23.2. The van der Waals surface area contributed by atoms with Crippen molar-refractivity contribution in [3.8, 4) is 11.1 Å². The number of nitrogens with one attached hydrogen (secondary N) is 1. The van der Waals surface area contributed by atoms with Crippen LogP contribution in [0.5, 0.6) is 0 Å². The van der Waals surface area contributed by atoms with Crippen molar-refractivity contribution < 1.29 is 9.28 Å². The molecule has 3 aliphatic heterocycles. The fourth-order valence-electron chi connectivity index (χ4n) is 6.14. The predicted octanol–water partition coefficient (Wildman–Crippen LogP) is 6.45. The van der Waals surface area contributed by atoms with Crippen LogP contribution >= 0.6 is 0 Å². The van der Waals surface area contributed by atoms with E-state index in [0.29, 0.717) is 0 Å². The van der Waals surface area contributed by atoms with Crippen LogP contribution in [0.2, 0.25) is 0 Å². The van der Waals surface area contributed by atoms with Crippen molar-refractivity contribution in [3.63, 3.8) is 0 Å². The van der Waals surface area contributed by atoms with Gasteiger partial charge in [-0.1, -0.05) is 54.6 Å². The average Bonchev–Trinajstić information content (AvgIpc) is 2.90. The molecule has 0 radical (unpaired) electrons. The molecule has 7 rings (SSSR count). The van der Waals surface area contributed by atoms with E-state index in [2.05, 4.69) is 78.1 Å². The highest BCUT2D eigenvalue weighted by molar-refractivity contribution is 6.07. The summed E-state index contributed by atoms with van der Waals surface area (Å²) in [7, 11) is 0. The van der Waals surface area contributed by atoms with Gasteiger partial charge in [-0.25, -0.2) is 0 Å². The van der Waals surface area contributed by atoms with Crippen LogP contribution < -0.4 is 5.32 Å². The van der Waals surface area contributed by atoms with E-state index >= 15 is 0 Å². The highest BCUT2D eigenvalue weighted by Gasteiger charge is 2.39. The molecule has 2 bridgehead atoms. The van der Waals surface area contributed by atoms with Gasteiger partial charge in [0.05, 0.1) is 19.6 Å². The van der Waals surface area contributed by atoms with Crippen molar-refractivity contribution in [2.45, 2.75) is 38.6 Å². The number of rotatable bonds is 5. The second kappa shape index (κ2) is 8.88. The van der Waals surface area contributed by atoms with Gasteiger partial charge in [0.15, 0.2) is 0 Å². The zero-order valence-corrected chi connectivity index (χ0v) is 19.8. The third-order valence-corrected chi connectivity index (χ3v) is 8.30. The molecule has 0 unspecified atom stereocenters. The van der Waals surface area contributed by atoms with E-state index in [1.165, 1.54) is 65.6 Å². The maximum Gasteiger partial charge on any atom is 0.251 e. The van der Waals surface area contributed by atoms with E-state index in [0.717, 1.165) is 42.1 Å². The molecule has 0 atom stereocenters. The number of carbonyl (C=O) groups is 1. The molecule has 3 nitrogen and oxygen atoms in total. The van der Waals surface area contributed by atoms with Gasteiger partial charge in [-0.3, -0.25) is 4.79 Å². The first-order valence-electron chi connectivity index (χ1n) is 12.8. The molecule has 0 spiro atoms. The average molecular weight is 450 g/mol. The number of amides is 1. The van der Waals surface area contributed by atoms with Crippen molar-refractivity contribution in [2.75, 3.05) is 25.0 Å². The van der Waals surface area contributed by atoms with Gasteiger partial charge >= 0.3 is 0 Å². The van der Waals surface area contributed by atoms with Crippen molar-refractivity contribution in [2.24, 2.45) is 5.92 Å². The summed E-state index contributed by atoms with van der Waals surface area (Å²) in [6.07, 6.45) is 7.97. The maximum absolute atomic E-state index is 13.1. The summed E-state index contributed by atoms with van der Waals surface area (Å²) in [5.74, 6) is 1.01. The Morgan fingerprint density at radius 3 is 2.29 bits per heavy atom. The monoisotopic (exact) mass is 449 g/mol. The van der Waals surface area contributed by atoms with Crippen LogP contribution in [0.25, 0.3) is 17.2 Å². The molecule has 3 saturated heterocycles. The summed E-state index contributed by atoms with van der Waals surface area (Å²) in [4.78, 5) is 13.1. The summed E-state index contributed by atoms with van der Waals surface area (Å²) in [5.41, 5.74) is 8.00. The summed E-state index contributed by atoms with van der Waals surface area (Å²) < 4.78 is 1.26. The first-order chi connectivity index (χ1) is 16.7. The molecule has 3 fully saturated rings. The largest absolute Gasteiger partial charge is 0.322 e. The maximum atomic E-state index is 13.1. The van der Waals surface area contributed by atoms with Gasteiger partial charge in [0.25, 0.3) is 5.91 Å². The second-order valence-electron chi connectivity index (χ2n) is 10.5. The van der Waals surface area contributed by atoms with Crippen molar-refractivity contribution in [3.05, 3.63) is 95.1 Å². The number of carbonyl (C=O) groups excluding carboxylic acids is 1. The number of benzene rings is 3. The Hall–Kier alpha value is -3.17. The SMILES string of the molecule is O=C(Nc1ccc(C[N+]23CCC(CC2)CC3)cc1)C1=Cc2cc(-c3ccccc3)ccc2CC1. The summed E-state index contributed by atoms with van der Waals surface area (Å²) in [6, 6.07) is 25.6. The van der Waals surface area contributed by atoms with Crippen molar-refractivity contribution >= 4 is 17.7 Å². The zero-order valence-electron chi connectivity index (χ0n) is 19.8. The second-order valence-corrected chi connectivity index (χ2v) is 10.5. The van der Waals surface area contributed by atoms with E-state index in [1.54, 1.807) is 0 Å². The smallest absolute Gasteiger partial charge is 0.251 e. The number of fused-ring (bicyclic) bond motifs is 4. The van der Waals surface area contributed by atoms with Gasteiger partial charge in [-0.05, 0) is 84.6 Å². The first-order valence-corrected chi connectivity index (χ1v) is 12.8. The lowest BCUT2D eigenvalue weighted by Gasteiger charge is -2.49. The Bertz CT molecular complexity index is 1200. The highest BCUT2D eigenvalue weighted by atomic mass is 16.1. The molecule has 34 heavy (non-hydrogen) atoms. The van der Waals surface area contributed by atoms with Crippen molar-refractivity contribution in [1.82, 2.24) is 0 Å². The molecular formula is C31H33N2O+. The Morgan fingerprint density at radius 2 is 1.56 bits per heavy atom. The number of quaternary nitrogens is 1. The van der Waals surface area contributed by atoms with E-state index in [9.17, 15) is 4.79 Å². The van der Waals surface area contributed by atoms with Gasteiger partial charge < -0.3 is 9.80 Å². The molecule has 1 N–H and O–H groups in total. The highest BCUT2D eigenvalue weighted by Crippen LogP contribution is 2.35. The minimum atomic E-state index is 0.0171. The Labute approximate surface area is 202 Å². The molecule has 3 heterocycles. The topological polar surface area (TPSA) is 29.1 Å². The van der Waals surface area contributed by atoms with E-state index in [-0.39, 0.29) is 5.91 Å². The van der Waals surface area contributed by atoms with Crippen LogP contribution in [0.4, 0.5) is 5.69 Å². The van der Waals surface area contributed by atoms with Gasteiger partial charge in [0, 0.05) is 16.8 Å². The number of hydrogen-bond donors (Lipinski definition) is 1. The standard InChI is InChI=1S/C31H32N2O/c34-31(28-11-9-26-8-10-27(20-29(26)21-28)25-4-2-1-3-5-25)32-30-12-6-24(7-13-30)22-33-17-14-23(15-18-33)16-19-33/h1-8,10,12-13,20-21,23H,9,11,14-19,22H2/p+1. The van der Waals surface area contributed by atoms with Crippen LogP contribution in [-0.2, 0) is 17.8 Å². The lowest BCUT2D eigenvalue weighted by atomic mass is 9.85. The van der Waals surface area contributed by atoms with Gasteiger partial charge in [0.2, 0.25) is 0 Å². The molecule has 1 amide bonds. The number of anilines is 1. The molecule has 3 heteroatoms. The van der Waals surface area contributed by atoms with Gasteiger partial charge in [0.1, 0.15) is 6.54 Å². The number of aryl methyl sites for hydroxylation is 1. The predicted molar refractivity (Wildman–Crippen MR) is 139 cm³/mol. The molecular weight excluding hydrogens is 416 g/mol. The van der Waals surface area contributed by atoms with E-state index in [4.69, 9.17) is 0 Å². The fourth-order valence-corrected chi connectivity index (χ4v) is 6.14. The number of hydrogen-bond acceptors (Lipinski definition) is 1. The molecule has 0 aromatic heterocycles. The van der Waals surface area contributed by atoms with Crippen LogP contribution in [0.3, 0.4) is 0 Å². The molecule has 3 aromatic rings. The molecule has 0 saturated carbocycles. The Kier molecular flexibility index (Phi) is 5.58. The molecule has 172 valence electrons. The molecule has 3 aromatic carbocycles. The van der Waals surface area contributed by atoms with Crippen LogP contribution in [0.1, 0.15) is 42.4 Å².